The molecular weight excluding hydrogens is 148 g/mol. The van der Waals surface area contributed by atoms with Crippen LogP contribution in [-0.2, 0) is 6.42 Å². The molecule has 1 aromatic rings. The third-order valence-corrected chi connectivity index (χ3v) is 2.19. The summed E-state index contributed by atoms with van der Waals surface area (Å²) < 4.78 is 0. The van der Waals surface area contributed by atoms with Gasteiger partial charge in [-0.1, -0.05) is 30.3 Å². The van der Waals surface area contributed by atoms with Crippen LogP contribution in [0, 0.1) is 0 Å². The van der Waals surface area contributed by atoms with Crippen molar-refractivity contribution < 1.29 is 0 Å². The van der Waals surface area contributed by atoms with Gasteiger partial charge in [0.15, 0.2) is 0 Å². The number of hydrogen-bond donors (Lipinski definition) is 2. The Balaban J connectivity index is 1.94. The summed E-state index contributed by atoms with van der Waals surface area (Å²) in [5, 5.41) is 6.79. The lowest BCUT2D eigenvalue weighted by atomic mass is 10.1. The largest absolute Gasteiger partial charge is 0.300 e. The Morgan fingerprint density at radius 2 is 1.75 bits per heavy atom. The highest BCUT2D eigenvalue weighted by molar-refractivity contribution is 5.15. The van der Waals surface area contributed by atoms with Crippen molar-refractivity contribution in [3.05, 3.63) is 35.9 Å². The van der Waals surface area contributed by atoms with Crippen LogP contribution in [0.25, 0.3) is 0 Å². The Morgan fingerprint density at radius 3 is 2.42 bits per heavy atom. The van der Waals surface area contributed by atoms with E-state index in [9.17, 15) is 0 Å². The molecule has 1 aromatic carbocycles. The molecule has 0 atom stereocenters. The molecule has 2 N–H and O–H groups in total. The maximum absolute atomic E-state index is 3.39. The smallest absolute Gasteiger partial charge is 0.0614 e. The highest BCUT2D eigenvalue weighted by Gasteiger charge is 2.12. The minimum absolute atomic E-state index is 0.479. The summed E-state index contributed by atoms with van der Waals surface area (Å²) in [5.74, 6) is 0. The van der Waals surface area contributed by atoms with Crippen molar-refractivity contribution in [2.75, 3.05) is 13.1 Å². The Hall–Kier alpha value is -0.860. The van der Waals surface area contributed by atoms with E-state index in [1.54, 1.807) is 0 Å². The van der Waals surface area contributed by atoms with E-state index in [2.05, 4.69) is 41.0 Å². The minimum atomic E-state index is 0.479. The van der Waals surface area contributed by atoms with E-state index in [-0.39, 0.29) is 0 Å². The summed E-state index contributed by atoms with van der Waals surface area (Å²) >= 11 is 0. The molecule has 1 heterocycles. The molecule has 12 heavy (non-hydrogen) atoms. The SMILES string of the molecule is c1ccc(CC2NCCN2)cc1. The zero-order valence-electron chi connectivity index (χ0n) is 7.09. The Bertz CT molecular complexity index is 227. The van der Waals surface area contributed by atoms with Crippen LogP contribution < -0.4 is 10.6 Å². The van der Waals surface area contributed by atoms with Gasteiger partial charge in [-0.3, -0.25) is 0 Å². The van der Waals surface area contributed by atoms with Gasteiger partial charge in [-0.05, 0) is 5.56 Å². The third kappa shape index (κ3) is 1.84. The van der Waals surface area contributed by atoms with Gasteiger partial charge < -0.3 is 10.6 Å². The average Bonchev–Trinajstić information content (AvgIpc) is 2.59. The summed E-state index contributed by atoms with van der Waals surface area (Å²) in [4.78, 5) is 0. The molecule has 0 saturated carbocycles. The van der Waals surface area contributed by atoms with Crippen LogP contribution in [0.5, 0.6) is 0 Å². The van der Waals surface area contributed by atoms with Crippen molar-refractivity contribution in [2.45, 2.75) is 12.6 Å². The van der Waals surface area contributed by atoms with Gasteiger partial charge in [0.05, 0.1) is 6.17 Å². The van der Waals surface area contributed by atoms with E-state index in [1.165, 1.54) is 5.56 Å². The van der Waals surface area contributed by atoms with E-state index in [0.717, 1.165) is 19.5 Å². The van der Waals surface area contributed by atoms with E-state index in [4.69, 9.17) is 0 Å². The lowest BCUT2D eigenvalue weighted by Crippen LogP contribution is -2.32. The zero-order chi connectivity index (χ0) is 8.23. The number of rotatable bonds is 2. The van der Waals surface area contributed by atoms with Crippen LogP contribution in [0.2, 0.25) is 0 Å². The Morgan fingerprint density at radius 1 is 1.08 bits per heavy atom. The molecule has 2 rings (SSSR count). The molecule has 1 saturated heterocycles. The van der Waals surface area contributed by atoms with Crippen LogP contribution in [-0.4, -0.2) is 19.3 Å². The lowest BCUT2D eigenvalue weighted by molar-refractivity contribution is 0.551. The molecule has 0 aliphatic carbocycles. The van der Waals surface area contributed by atoms with Gasteiger partial charge in [0.25, 0.3) is 0 Å². The molecule has 0 bridgehead atoms. The lowest BCUT2D eigenvalue weighted by Gasteiger charge is -2.09. The van der Waals surface area contributed by atoms with Crippen LogP contribution >= 0.6 is 0 Å². The van der Waals surface area contributed by atoms with Crippen molar-refractivity contribution in [1.82, 2.24) is 10.6 Å². The maximum atomic E-state index is 3.39. The molecule has 0 radical (unpaired) electrons. The Labute approximate surface area is 73.0 Å². The van der Waals surface area contributed by atoms with Gasteiger partial charge in [-0.25, -0.2) is 0 Å². The van der Waals surface area contributed by atoms with Crippen molar-refractivity contribution in [2.24, 2.45) is 0 Å². The van der Waals surface area contributed by atoms with E-state index < -0.39 is 0 Å². The molecule has 0 amide bonds. The fraction of sp³-hybridized carbons (Fsp3) is 0.400. The van der Waals surface area contributed by atoms with E-state index in [1.807, 2.05) is 0 Å². The number of benzene rings is 1. The summed E-state index contributed by atoms with van der Waals surface area (Å²) in [6, 6.07) is 10.6. The van der Waals surface area contributed by atoms with Gasteiger partial charge in [0, 0.05) is 19.5 Å². The van der Waals surface area contributed by atoms with Gasteiger partial charge in [0.2, 0.25) is 0 Å². The fourth-order valence-corrected chi connectivity index (χ4v) is 1.56. The summed E-state index contributed by atoms with van der Waals surface area (Å²) in [6.07, 6.45) is 1.56. The van der Waals surface area contributed by atoms with Crippen molar-refractivity contribution >= 4 is 0 Å². The topological polar surface area (TPSA) is 24.1 Å². The van der Waals surface area contributed by atoms with Crippen molar-refractivity contribution in [3.8, 4) is 0 Å². The van der Waals surface area contributed by atoms with Gasteiger partial charge in [0.1, 0.15) is 0 Å². The van der Waals surface area contributed by atoms with Crippen molar-refractivity contribution in [3.63, 3.8) is 0 Å². The van der Waals surface area contributed by atoms with Gasteiger partial charge >= 0.3 is 0 Å². The quantitative estimate of drug-likeness (QED) is 0.670. The van der Waals surface area contributed by atoms with Crippen molar-refractivity contribution in [1.29, 1.82) is 0 Å². The molecule has 0 unspecified atom stereocenters. The van der Waals surface area contributed by atoms with E-state index in [0.29, 0.717) is 6.17 Å². The number of hydrogen-bond acceptors (Lipinski definition) is 2. The van der Waals surface area contributed by atoms with Crippen LogP contribution in [0.1, 0.15) is 5.56 Å². The van der Waals surface area contributed by atoms with Crippen LogP contribution in [0.4, 0.5) is 0 Å². The molecule has 1 aliphatic heterocycles. The summed E-state index contributed by atoms with van der Waals surface area (Å²) in [7, 11) is 0. The van der Waals surface area contributed by atoms with Crippen LogP contribution in [0.3, 0.4) is 0 Å². The van der Waals surface area contributed by atoms with Gasteiger partial charge in [-0.15, -0.1) is 0 Å². The normalized spacial score (nSPS) is 18.3. The van der Waals surface area contributed by atoms with E-state index >= 15 is 0 Å². The molecule has 2 heteroatoms. The standard InChI is InChI=1S/C10H14N2/c1-2-4-9(5-3-1)8-10-11-6-7-12-10/h1-5,10-12H,6-8H2. The second-order valence-corrected chi connectivity index (χ2v) is 3.15. The second-order valence-electron chi connectivity index (χ2n) is 3.15. The molecular formula is C10H14N2. The Kier molecular flexibility index (Phi) is 2.39. The monoisotopic (exact) mass is 162 g/mol. The molecule has 64 valence electrons. The first-order chi connectivity index (χ1) is 5.95. The minimum Gasteiger partial charge on any atom is -0.300 e. The van der Waals surface area contributed by atoms with Gasteiger partial charge in [-0.2, -0.15) is 0 Å². The third-order valence-electron chi connectivity index (χ3n) is 2.19. The number of nitrogens with one attached hydrogen (secondary N) is 2. The predicted octanol–water partition coefficient (Wildman–Crippen LogP) is 0.748. The first-order valence-electron chi connectivity index (χ1n) is 4.46. The highest BCUT2D eigenvalue weighted by atomic mass is 15.2. The molecule has 0 spiro atoms. The first-order valence-corrected chi connectivity index (χ1v) is 4.46. The highest BCUT2D eigenvalue weighted by Crippen LogP contribution is 2.02. The fourth-order valence-electron chi connectivity index (χ4n) is 1.56. The zero-order valence-corrected chi connectivity index (χ0v) is 7.09. The molecule has 1 fully saturated rings. The first kappa shape index (κ1) is 7.77. The molecule has 0 aromatic heterocycles. The molecule has 1 aliphatic rings. The van der Waals surface area contributed by atoms with Crippen LogP contribution in [0.15, 0.2) is 30.3 Å². The summed E-state index contributed by atoms with van der Waals surface area (Å²) in [6.45, 7) is 2.19. The average molecular weight is 162 g/mol. The predicted molar refractivity (Wildman–Crippen MR) is 49.9 cm³/mol. The second kappa shape index (κ2) is 3.70. The summed E-state index contributed by atoms with van der Waals surface area (Å²) in [5.41, 5.74) is 1.39. The molecule has 2 nitrogen and oxygen atoms in total. The maximum Gasteiger partial charge on any atom is 0.0614 e.